The number of Topliss-reactive ketones (excluding diaryl/α,β-unsaturated/α-hetero) is 4. The largest absolute Gasteiger partial charge is 0.479 e. The molecule has 7 aromatic rings. The van der Waals surface area contributed by atoms with E-state index in [9.17, 15) is 77.2 Å². The zero-order chi connectivity index (χ0) is 87.3. The predicted molar refractivity (Wildman–Crippen MR) is 438 cm³/mol. The van der Waals surface area contributed by atoms with Crippen LogP contribution in [0, 0.1) is 37.8 Å². The molecule has 10 rings (SSSR count). The first-order valence-electron chi connectivity index (χ1n) is 37.7. The molecule has 3 saturated heterocycles. The van der Waals surface area contributed by atoms with Crippen molar-refractivity contribution in [2.75, 3.05) is 63.5 Å². The Morgan fingerprint density at radius 1 is 0.458 bits per heavy atom. The molecule has 3 heterocycles. The molecule has 0 radical (unpaired) electrons. The second-order valence-electron chi connectivity index (χ2n) is 28.6. The number of carboxylic acids is 1. The van der Waals surface area contributed by atoms with Crippen LogP contribution in [0.2, 0.25) is 0 Å². The van der Waals surface area contributed by atoms with Crippen molar-refractivity contribution in [1.29, 1.82) is 0 Å². The van der Waals surface area contributed by atoms with Crippen LogP contribution >= 0.6 is 0 Å². The van der Waals surface area contributed by atoms with Crippen LogP contribution in [0.15, 0.2) is 164 Å². The molecule has 3 aliphatic rings. The van der Waals surface area contributed by atoms with E-state index in [1.807, 2.05) is 26.8 Å². The number of benzene rings is 7. The number of nitrogens with two attached hydrogens (primary N) is 1. The van der Waals surface area contributed by atoms with Gasteiger partial charge < -0.3 is 71.5 Å². The molecule has 0 aliphatic carbocycles. The Bertz CT molecular complexity index is 4810. The van der Waals surface area contributed by atoms with Crippen molar-refractivity contribution in [2.45, 2.75) is 150 Å². The van der Waals surface area contributed by atoms with E-state index >= 15 is 0 Å². The van der Waals surface area contributed by atoms with Gasteiger partial charge in [-0.05, 0) is 159 Å². The van der Waals surface area contributed by atoms with Gasteiger partial charge in [-0.25, -0.2) is 24.0 Å². The summed E-state index contributed by atoms with van der Waals surface area (Å²) in [6.45, 7) is 18.0. The number of nitrogens with zero attached hydrogens (tertiary/aromatic N) is 4. The molecule has 0 aromatic heterocycles. The first kappa shape index (κ1) is 93.3. The zero-order valence-corrected chi connectivity index (χ0v) is 68.1. The van der Waals surface area contributed by atoms with Crippen LogP contribution in [0.5, 0.6) is 0 Å². The SMILES string of the molecule is CC(=O)c1ccc(C)c(NC(=O)[C@@H]2CCCN2C(=O)OC(C)(C)C)c1.CC(=O)c1ccc(C)c([N+](=O)[O-])c1.COC(=O)N[C@@H](C(=O)N1CCC[C@H]1C(=O)Nc1cc(C(=O)CN)ccc1C)c1ccccc1.COC(=O)N[C@@H](C(=O)N1CCC[C@H]1C(=O)Nc1cc(C(C)=O)ccc1C)c1ccccc1.COC(=O)N[C@@H](C(=O)O)c1ccccc1. The van der Waals surface area contributed by atoms with Gasteiger partial charge in [0.05, 0.1) is 32.8 Å². The summed E-state index contributed by atoms with van der Waals surface area (Å²) in [4.78, 5) is 184. The van der Waals surface area contributed by atoms with E-state index < -0.39 is 83.0 Å². The van der Waals surface area contributed by atoms with Crippen molar-refractivity contribution in [3.63, 3.8) is 0 Å². The fraction of sp³-hybridized carbons (Fsp3) is 0.349. The van der Waals surface area contributed by atoms with Crippen molar-refractivity contribution in [1.82, 2.24) is 30.7 Å². The van der Waals surface area contributed by atoms with E-state index in [4.69, 9.17) is 15.6 Å². The molecule has 0 saturated carbocycles. The summed E-state index contributed by atoms with van der Waals surface area (Å²) in [5, 5.41) is 35.3. The van der Waals surface area contributed by atoms with Gasteiger partial charge in [0, 0.05) is 70.6 Å². The molecular formula is C86H101N11O21. The number of anilines is 3. The molecule has 3 aliphatic heterocycles. The van der Waals surface area contributed by atoms with Gasteiger partial charge in [-0.1, -0.05) is 140 Å². The third kappa shape index (κ3) is 27.1. The van der Waals surface area contributed by atoms with E-state index in [0.29, 0.717) is 113 Å². The molecule has 0 bridgehead atoms. The number of carbonyl (C=O) groups is 14. The lowest BCUT2D eigenvalue weighted by Gasteiger charge is -2.29. The summed E-state index contributed by atoms with van der Waals surface area (Å²) in [6, 6.07) is 40.8. The minimum atomic E-state index is -1.13. The Morgan fingerprint density at radius 2 is 0.763 bits per heavy atom. The zero-order valence-electron chi connectivity index (χ0n) is 68.1. The lowest BCUT2D eigenvalue weighted by atomic mass is 10.0. The normalized spacial score (nSPS) is 15.1. The number of hydrogen-bond donors (Lipinski definition) is 8. The topological polar surface area (TPSA) is 447 Å². The Hall–Kier alpha value is -13.5. The monoisotopic (exact) mass is 1620 g/mol. The van der Waals surface area contributed by atoms with Gasteiger partial charge in [-0.3, -0.25) is 58.2 Å². The molecule has 9 amide bonds. The number of ketones is 4. The molecule has 32 nitrogen and oxygen atoms in total. The van der Waals surface area contributed by atoms with E-state index in [1.165, 1.54) is 62.9 Å². The van der Waals surface area contributed by atoms with Gasteiger partial charge in [0.2, 0.25) is 17.7 Å². The predicted octanol–water partition coefficient (Wildman–Crippen LogP) is 12.2. The van der Waals surface area contributed by atoms with Gasteiger partial charge >= 0.3 is 30.3 Å². The van der Waals surface area contributed by atoms with Crippen molar-refractivity contribution in [2.24, 2.45) is 5.73 Å². The summed E-state index contributed by atoms with van der Waals surface area (Å²) in [5.41, 5.74) is 13.0. The van der Waals surface area contributed by atoms with Crippen molar-refractivity contribution in [3.8, 4) is 0 Å². The number of nitrogens with one attached hydrogen (secondary N) is 6. The first-order valence-corrected chi connectivity index (χ1v) is 37.7. The number of alkyl carbamates (subject to hydrolysis) is 3. The number of nitro benzene ring substituents is 1. The third-order valence-electron chi connectivity index (χ3n) is 19.0. The highest BCUT2D eigenvalue weighted by Crippen LogP contribution is 2.31. The van der Waals surface area contributed by atoms with Gasteiger partial charge in [0.1, 0.15) is 35.8 Å². The fourth-order valence-corrected chi connectivity index (χ4v) is 12.5. The van der Waals surface area contributed by atoms with E-state index in [0.717, 1.165) is 23.1 Å². The van der Waals surface area contributed by atoms with Crippen LogP contribution in [0.25, 0.3) is 0 Å². The third-order valence-corrected chi connectivity index (χ3v) is 19.0. The lowest BCUT2D eigenvalue weighted by molar-refractivity contribution is -0.385. The van der Waals surface area contributed by atoms with Gasteiger partial charge in [-0.15, -0.1) is 0 Å². The molecule has 0 unspecified atom stereocenters. The van der Waals surface area contributed by atoms with E-state index in [1.54, 1.807) is 179 Å². The Kier molecular flexibility index (Phi) is 35.1. The highest BCUT2D eigenvalue weighted by atomic mass is 16.6. The maximum atomic E-state index is 13.4. The summed E-state index contributed by atoms with van der Waals surface area (Å²) < 4.78 is 19.1. The summed E-state index contributed by atoms with van der Waals surface area (Å²) in [5.74, 6) is -3.41. The number of amides is 9. The number of aryl methyl sites for hydroxylation is 4. The number of nitro groups is 1. The lowest BCUT2D eigenvalue weighted by Crippen LogP contribution is -2.48. The molecule has 9 N–H and O–H groups in total. The number of aliphatic carboxylic acids is 1. The van der Waals surface area contributed by atoms with Gasteiger partial charge in [0.15, 0.2) is 29.2 Å². The van der Waals surface area contributed by atoms with Crippen LogP contribution in [0.4, 0.5) is 41.9 Å². The van der Waals surface area contributed by atoms with Crippen molar-refractivity contribution in [3.05, 3.63) is 235 Å². The number of rotatable bonds is 21. The van der Waals surface area contributed by atoms with Gasteiger partial charge in [-0.2, -0.15) is 0 Å². The minimum Gasteiger partial charge on any atom is -0.479 e. The van der Waals surface area contributed by atoms with Crippen molar-refractivity contribution < 1.29 is 96.1 Å². The quantitative estimate of drug-likeness (QED) is 0.0143. The van der Waals surface area contributed by atoms with Crippen LogP contribution in [0.3, 0.4) is 0 Å². The Labute approximate surface area is 683 Å². The summed E-state index contributed by atoms with van der Waals surface area (Å²) >= 11 is 0. The fourth-order valence-electron chi connectivity index (χ4n) is 12.5. The smallest absolute Gasteiger partial charge is 0.410 e. The van der Waals surface area contributed by atoms with E-state index in [2.05, 4.69) is 46.1 Å². The Balaban J connectivity index is 0.000000238. The van der Waals surface area contributed by atoms with Gasteiger partial charge in [0.25, 0.3) is 17.5 Å². The highest BCUT2D eigenvalue weighted by molar-refractivity contribution is 6.04. The van der Waals surface area contributed by atoms with Crippen LogP contribution in [-0.2, 0) is 47.7 Å². The number of carboxylic acid groups (broad SMARTS) is 1. The highest BCUT2D eigenvalue weighted by Gasteiger charge is 2.42. The number of carbonyl (C=O) groups excluding carboxylic acids is 13. The average Bonchev–Trinajstić information content (AvgIpc) is 1.58. The summed E-state index contributed by atoms with van der Waals surface area (Å²) in [6.07, 6.45) is 0.926. The molecule has 32 heteroatoms. The van der Waals surface area contributed by atoms with Crippen molar-refractivity contribution >= 4 is 106 Å². The molecule has 6 atom stereocenters. The molecule has 118 heavy (non-hydrogen) atoms. The first-order chi connectivity index (χ1) is 55.9. The standard InChI is InChI=1S/C24H28N4O5.C24H27N3O5.C19H26N2O4.C10H11NO4.C9H9NO3/c1-15-10-11-17(20(29)14-25)13-18(15)26-22(30)19-9-6-12-28(19)23(31)21(27-24(32)33-2)16-7-4-3-5-8-16;1-15-11-12-18(16(2)28)14-19(15)25-22(29)20-10-7-13-27(20)23(30)21(26-24(31)32-3)17-8-5-4-6-9-17;1-12-8-9-14(13(2)22)11-15(12)20-17(23)16-7-6-10-21(16)18(24)25-19(3,4)5;1-15-10(14)11-8(9(12)13)7-5-3-2-4-6-7;1-6-3-4-8(7(2)11)5-9(6)10(12)13/h3-5,7-8,10-11,13,19,21H,6,9,12,14,25H2,1-2H3,(H,26,30)(H,27,32);4-6,8-9,11-12,14,20-21H,7,10,13H2,1-3H3,(H,25,29)(H,26,31);8-9,11,16H,6-7,10H2,1-5H3,(H,20,23);2-6,8H,1H3,(H,11,14)(H,12,13);3-5H,1-2H3/t19-,21+;20-,21+;16-;8-;/m0001./s1. The molecule has 626 valence electrons. The van der Waals surface area contributed by atoms with Crippen LogP contribution < -0.4 is 37.6 Å². The number of hydrogen-bond acceptors (Lipinski definition) is 21. The maximum absolute atomic E-state index is 13.4. The van der Waals surface area contributed by atoms with Crippen LogP contribution in [-0.4, -0.2) is 179 Å². The average molecular weight is 1620 g/mol. The minimum absolute atomic E-state index is 0.00676. The molecule has 3 fully saturated rings. The second kappa shape index (κ2) is 44.4. The summed E-state index contributed by atoms with van der Waals surface area (Å²) in [7, 11) is 3.63. The van der Waals surface area contributed by atoms with Crippen LogP contribution in [0.1, 0.15) is 179 Å². The number of methoxy groups -OCH3 is 3. The second-order valence-corrected chi connectivity index (χ2v) is 28.6. The number of likely N-dealkylation sites (tertiary alicyclic amines) is 3. The number of ether oxygens (including phenoxy) is 4. The Morgan fingerprint density at radius 3 is 1.08 bits per heavy atom. The van der Waals surface area contributed by atoms with E-state index in [-0.39, 0.29) is 59.0 Å². The molecular weight excluding hydrogens is 1520 g/mol. The maximum Gasteiger partial charge on any atom is 0.410 e. The molecule has 0 spiro atoms. The molecule has 7 aromatic carbocycles.